The number of aryl methyl sites for hydroxylation is 2. The van der Waals surface area contributed by atoms with Crippen molar-refractivity contribution in [1.82, 2.24) is 29.7 Å². The largest absolute Gasteiger partial charge is 0.270 e. The van der Waals surface area contributed by atoms with Gasteiger partial charge in [0.05, 0.1) is 0 Å². The molecule has 0 fully saturated rings. The fourth-order valence-corrected chi connectivity index (χ4v) is 3.83. The molecular formula is C19H15BrN6S. The van der Waals surface area contributed by atoms with E-state index in [1.54, 1.807) is 12.4 Å². The lowest BCUT2D eigenvalue weighted by Crippen LogP contribution is -2.01. The maximum absolute atomic E-state index is 4.51. The smallest absolute Gasteiger partial charge is 0.203 e. The SMILES string of the molecule is Cc1cc(C)nc(Sc2nnc(-c3cccnc3)n2-c2ccc(Br)cc2)n1. The van der Waals surface area contributed by atoms with Crippen LogP contribution in [0.3, 0.4) is 0 Å². The Morgan fingerprint density at radius 1 is 0.963 bits per heavy atom. The second-order valence-corrected chi connectivity index (χ2v) is 7.75. The highest BCUT2D eigenvalue weighted by molar-refractivity contribution is 9.10. The minimum absolute atomic E-state index is 0.649. The highest BCUT2D eigenvalue weighted by Gasteiger charge is 2.18. The Labute approximate surface area is 169 Å². The van der Waals surface area contributed by atoms with Crippen LogP contribution in [0.4, 0.5) is 0 Å². The van der Waals surface area contributed by atoms with Crippen molar-refractivity contribution >= 4 is 27.7 Å². The minimum Gasteiger partial charge on any atom is -0.270 e. The molecule has 0 saturated carbocycles. The van der Waals surface area contributed by atoms with E-state index in [1.165, 1.54) is 11.8 Å². The molecule has 6 nitrogen and oxygen atoms in total. The standard InChI is InChI=1S/C19H15BrN6S/c1-12-10-13(2)23-18(22-12)27-19-25-24-17(14-4-3-9-21-11-14)26(19)16-7-5-15(20)6-8-16/h3-11H,1-2H3. The van der Waals surface area contributed by atoms with Crippen LogP contribution in [-0.2, 0) is 0 Å². The third-order valence-electron chi connectivity index (χ3n) is 3.78. The zero-order valence-corrected chi connectivity index (χ0v) is 17.1. The zero-order valence-electron chi connectivity index (χ0n) is 14.7. The van der Waals surface area contributed by atoms with Crippen molar-refractivity contribution in [2.75, 3.05) is 0 Å². The van der Waals surface area contributed by atoms with Crippen molar-refractivity contribution in [3.8, 4) is 17.1 Å². The van der Waals surface area contributed by atoms with Gasteiger partial charge in [-0.25, -0.2) is 9.97 Å². The molecule has 0 radical (unpaired) electrons. The molecule has 0 unspecified atom stereocenters. The average Bonchev–Trinajstić information content (AvgIpc) is 3.06. The molecule has 27 heavy (non-hydrogen) atoms. The van der Waals surface area contributed by atoms with E-state index in [0.29, 0.717) is 10.3 Å². The van der Waals surface area contributed by atoms with Crippen LogP contribution in [0.2, 0.25) is 0 Å². The van der Waals surface area contributed by atoms with E-state index in [-0.39, 0.29) is 0 Å². The van der Waals surface area contributed by atoms with Crippen LogP contribution >= 0.6 is 27.7 Å². The Hall–Kier alpha value is -2.58. The number of nitrogens with zero attached hydrogens (tertiary/aromatic N) is 6. The van der Waals surface area contributed by atoms with Gasteiger partial charge in [-0.2, -0.15) is 0 Å². The molecule has 3 heterocycles. The van der Waals surface area contributed by atoms with E-state index in [1.807, 2.05) is 60.9 Å². The molecule has 0 aliphatic rings. The van der Waals surface area contributed by atoms with Gasteiger partial charge < -0.3 is 0 Å². The number of benzene rings is 1. The van der Waals surface area contributed by atoms with Gasteiger partial charge in [-0.05, 0) is 68.1 Å². The molecule has 0 atom stereocenters. The summed E-state index contributed by atoms with van der Waals surface area (Å²) in [5, 5.41) is 10.2. The highest BCUT2D eigenvalue weighted by Crippen LogP contribution is 2.31. The van der Waals surface area contributed by atoms with Gasteiger partial charge in [0.15, 0.2) is 11.0 Å². The van der Waals surface area contributed by atoms with Crippen molar-refractivity contribution in [3.63, 3.8) is 0 Å². The molecule has 3 aromatic heterocycles. The summed E-state index contributed by atoms with van der Waals surface area (Å²) in [5.41, 5.74) is 3.69. The number of hydrogen-bond acceptors (Lipinski definition) is 6. The first-order chi connectivity index (χ1) is 13.1. The van der Waals surface area contributed by atoms with Crippen LogP contribution in [0, 0.1) is 13.8 Å². The Kier molecular flexibility index (Phi) is 5.00. The second kappa shape index (κ2) is 7.58. The Balaban J connectivity index is 1.84. The summed E-state index contributed by atoms with van der Waals surface area (Å²) in [7, 11) is 0. The Morgan fingerprint density at radius 2 is 1.70 bits per heavy atom. The number of halogens is 1. The van der Waals surface area contributed by atoms with Gasteiger partial charge in [0.25, 0.3) is 0 Å². The highest BCUT2D eigenvalue weighted by atomic mass is 79.9. The molecule has 4 rings (SSSR count). The van der Waals surface area contributed by atoms with Gasteiger partial charge in [0, 0.05) is 39.5 Å². The van der Waals surface area contributed by atoms with Gasteiger partial charge in [-0.15, -0.1) is 10.2 Å². The zero-order chi connectivity index (χ0) is 18.8. The topological polar surface area (TPSA) is 69.4 Å². The molecule has 8 heteroatoms. The van der Waals surface area contributed by atoms with E-state index >= 15 is 0 Å². The van der Waals surface area contributed by atoms with Crippen LogP contribution in [0.5, 0.6) is 0 Å². The number of pyridine rings is 1. The van der Waals surface area contributed by atoms with Crippen molar-refractivity contribution < 1.29 is 0 Å². The molecule has 0 bridgehead atoms. The molecular weight excluding hydrogens is 424 g/mol. The lowest BCUT2D eigenvalue weighted by Gasteiger charge is -2.10. The molecule has 134 valence electrons. The van der Waals surface area contributed by atoms with Crippen LogP contribution in [-0.4, -0.2) is 29.7 Å². The van der Waals surface area contributed by atoms with Gasteiger partial charge in [-0.3, -0.25) is 9.55 Å². The van der Waals surface area contributed by atoms with E-state index in [0.717, 1.165) is 32.9 Å². The van der Waals surface area contributed by atoms with Crippen molar-refractivity contribution in [2.45, 2.75) is 24.2 Å². The van der Waals surface area contributed by atoms with Gasteiger partial charge in [0.2, 0.25) is 5.16 Å². The summed E-state index contributed by atoms with van der Waals surface area (Å²) in [6.07, 6.45) is 3.52. The molecule has 0 aliphatic heterocycles. The summed E-state index contributed by atoms with van der Waals surface area (Å²) in [6, 6.07) is 13.8. The lowest BCUT2D eigenvalue weighted by molar-refractivity contribution is 0.858. The molecule has 0 spiro atoms. The van der Waals surface area contributed by atoms with Crippen molar-refractivity contribution in [3.05, 3.63) is 70.7 Å². The van der Waals surface area contributed by atoms with E-state index in [2.05, 4.69) is 41.1 Å². The predicted molar refractivity (Wildman–Crippen MR) is 108 cm³/mol. The molecule has 4 aromatic rings. The van der Waals surface area contributed by atoms with E-state index in [4.69, 9.17) is 0 Å². The molecule has 0 N–H and O–H groups in total. The number of aromatic nitrogens is 6. The van der Waals surface area contributed by atoms with Crippen LogP contribution in [0.1, 0.15) is 11.4 Å². The quantitative estimate of drug-likeness (QED) is 0.431. The first-order valence-electron chi connectivity index (χ1n) is 8.22. The molecule has 0 saturated heterocycles. The minimum atomic E-state index is 0.649. The maximum atomic E-state index is 4.51. The molecule has 1 aromatic carbocycles. The lowest BCUT2D eigenvalue weighted by atomic mass is 10.2. The molecule has 0 amide bonds. The normalized spacial score (nSPS) is 10.9. The summed E-state index contributed by atoms with van der Waals surface area (Å²) in [5.74, 6) is 0.720. The predicted octanol–water partition coefficient (Wildman–Crippen LogP) is 4.65. The van der Waals surface area contributed by atoms with Gasteiger partial charge in [0.1, 0.15) is 0 Å². The van der Waals surface area contributed by atoms with Crippen molar-refractivity contribution in [1.29, 1.82) is 0 Å². The first kappa shape index (κ1) is 17.8. The Bertz CT molecular complexity index is 1060. The van der Waals surface area contributed by atoms with E-state index in [9.17, 15) is 0 Å². The van der Waals surface area contributed by atoms with Crippen molar-refractivity contribution in [2.24, 2.45) is 0 Å². The fourth-order valence-electron chi connectivity index (χ4n) is 2.66. The summed E-state index contributed by atoms with van der Waals surface area (Å²) < 4.78 is 3.00. The number of rotatable bonds is 4. The van der Waals surface area contributed by atoms with Gasteiger partial charge >= 0.3 is 0 Å². The van der Waals surface area contributed by atoms with Crippen LogP contribution < -0.4 is 0 Å². The fraction of sp³-hybridized carbons (Fsp3) is 0.105. The van der Waals surface area contributed by atoms with Crippen LogP contribution in [0.25, 0.3) is 17.1 Å². The monoisotopic (exact) mass is 438 g/mol. The van der Waals surface area contributed by atoms with Gasteiger partial charge in [-0.1, -0.05) is 15.9 Å². The summed E-state index contributed by atoms with van der Waals surface area (Å²) >= 11 is 4.88. The van der Waals surface area contributed by atoms with Crippen LogP contribution in [0.15, 0.2) is 69.6 Å². The third kappa shape index (κ3) is 3.91. The number of hydrogen-bond donors (Lipinski definition) is 0. The summed E-state index contributed by atoms with van der Waals surface area (Å²) in [4.78, 5) is 13.2. The maximum Gasteiger partial charge on any atom is 0.203 e. The third-order valence-corrected chi connectivity index (χ3v) is 5.12. The Morgan fingerprint density at radius 3 is 2.37 bits per heavy atom. The summed E-state index contributed by atoms with van der Waals surface area (Å²) in [6.45, 7) is 3.92. The molecule has 0 aliphatic carbocycles. The first-order valence-corrected chi connectivity index (χ1v) is 9.83. The second-order valence-electron chi connectivity index (χ2n) is 5.90. The average molecular weight is 439 g/mol. The van der Waals surface area contributed by atoms with E-state index < -0.39 is 0 Å².